The summed E-state index contributed by atoms with van der Waals surface area (Å²) < 4.78 is 5.92. The van der Waals surface area contributed by atoms with Crippen LogP contribution in [0.25, 0.3) is 0 Å². The Morgan fingerprint density at radius 2 is 2.11 bits per heavy atom. The van der Waals surface area contributed by atoms with E-state index >= 15 is 0 Å². The van der Waals surface area contributed by atoms with Crippen LogP contribution in [0, 0.1) is 13.8 Å². The van der Waals surface area contributed by atoms with Crippen LogP contribution in [0.15, 0.2) is 18.2 Å². The third-order valence-corrected chi connectivity index (χ3v) is 3.87. The fourth-order valence-electron chi connectivity index (χ4n) is 2.54. The van der Waals surface area contributed by atoms with Crippen LogP contribution >= 0.6 is 0 Å². The second-order valence-electron chi connectivity index (χ2n) is 5.28. The van der Waals surface area contributed by atoms with E-state index in [4.69, 9.17) is 4.74 Å². The second-order valence-corrected chi connectivity index (χ2v) is 5.28. The average Bonchev–Trinajstić information content (AvgIpc) is 2.35. The predicted octanol–water partition coefficient (Wildman–Crippen LogP) is 1.89. The van der Waals surface area contributed by atoms with Crippen molar-refractivity contribution in [3.05, 3.63) is 34.9 Å². The summed E-state index contributed by atoms with van der Waals surface area (Å²) in [6, 6.07) is 6.95. The normalized spacial score (nSPS) is 23.0. The van der Waals surface area contributed by atoms with Gasteiger partial charge in [-0.15, -0.1) is 0 Å². The zero-order chi connectivity index (χ0) is 13.1. The molecule has 0 aliphatic carbocycles. The monoisotopic (exact) mass is 248 g/mol. The van der Waals surface area contributed by atoms with Crippen LogP contribution in [0.4, 0.5) is 0 Å². The van der Waals surface area contributed by atoms with Crippen molar-refractivity contribution in [1.82, 2.24) is 10.2 Å². The van der Waals surface area contributed by atoms with E-state index in [9.17, 15) is 0 Å². The molecule has 1 aromatic rings. The Kier molecular flexibility index (Phi) is 4.38. The van der Waals surface area contributed by atoms with E-state index in [1.165, 1.54) is 16.7 Å². The molecule has 2 rings (SSSR count). The molecule has 0 bridgehead atoms. The maximum Gasteiger partial charge on any atom is 0.0896 e. The van der Waals surface area contributed by atoms with Crippen LogP contribution in [-0.2, 0) is 4.74 Å². The first-order valence-electron chi connectivity index (χ1n) is 6.66. The molecule has 0 spiro atoms. The van der Waals surface area contributed by atoms with Gasteiger partial charge >= 0.3 is 0 Å². The molecule has 18 heavy (non-hydrogen) atoms. The van der Waals surface area contributed by atoms with E-state index in [0.29, 0.717) is 0 Å². The smallest absolute Gasteiger partial charge is 0.0896 e. The lowest BCUT2D eigenvalue weighted by molar-refractivity contribution is -0.0380. The molecule has 0 amide bonds. The minimum absolute atomic E-state index is 0.232. The highest BCUT2D eigenvalue weighted by Crippen LogP contribution is 2.23. The van der Waals surface area contributed by atoms with Crippen molar-refractivity contribution in [3.8, 4) is 0 Å². The van der Waals surface area contributed by atoms with Gasteiger partial charge in [0.2, 0.25) is 0 Å². The van der Waals surface area contributed by atoms with E-state index < -0.39 is 0 Å². The molecule has 1 heterocycles. The molecular formula is C15H24N2O. The van der Waals surface area contributed by atoms with Gasteiger partial charge in [-0.3, -0.25) is 0 Å². The van der Waals surface area contributed by atoms with E-state index in [2.05, 4.69) is 49.3 Å². The second kappa shape index (κ2) is 5.83. The number of hydrogen-bond acceptors (Lipinski definition) is 3. The quantitative estimate of drug-likeness (QED) is 0.884. The summed E-state index contributed by atoms with van der Waals surface area (Å²) in [7, 11) is 4.17. The van der Waals surface area contributed by atoms with Gasteiger partial charge in [-0.1, -0.05) is 18.2 Å². The highest BCUT2D eigenvalue weighted by molar-refractivity contribution is 5.32. The fourth-order valence-corrected chi connectivity index (χ4v) is 2.54. The van der Waals surface area contributed by atoms with Crippen molar-refractivity contribution in [2.75, 3.05) is 33.8 Å². The Morgan fingerprint density at radius 1 is 1.33 bits per heavy atom. The predicted molar refractivity (Wildman–Crippen MR) is 75.0 cm³/mol. The number of hydrogen-bond donors (Lipinski definition) is 1. The molecule has 1 saturated heterocycles. The Bertz CT molecular complexity index is 405. The van der Waals surface area contributed by atoms with Crippen molar-refractivity contribution >= 4 is 0 Å². The molecule has 1 aliphatic rings. The summed E-state index contributed by atoms with van der Waals surface area (Å²) in [5, 5.41) is 3.40. The van der Waals surface area contributed by atoms with Crippen molar-refractivity contribution in [2.24, 2.45) is 0 Å². The van der Waals surface area contributed by atoms with Gasteiger partial charge in [-0.25, -0.2) is 0 Å². The molecule has 1 aliphatic heterocycles. The lowest BCUT2D eigenvalue weighted by atomic mass is 9.96. The number of rotatable bonds is 3. The van der Waals surface area contributed by atoms with E-state index in [1.807, 2.05) is 7.05 Å². The lowest BCUT2D eigenvalue weighted by Gasteiger charge is -2.35. The van der Waals surface area contributed by atoms with Gasteiger partial charge in [0.05, 0.1) is 18.8 Å². The molecule has 0 aromatic heterocycles. The molecule has 2 unspecified atom stereocenters. The summed E-state index contributed by atoms with van der Waals surface area (Å²) in [5.74, 6) is 0. The third kappa shape index (κ3) is 2.91. The standard InChI is InChI=1S/C15H24N2O/c1-11-5-6-13(9-12(11)2)15(16-3)14-10-17(4)7-8-18-14/h5-6,9,14-16H,7-8,10H2,1-4H3. The highest BCUT2D eigenvalue weighted by Gasteiger charge is 2.26. The fraction of sp³-hybridized carbons (Fsp3) is 0.600. The largest absolute Gasteiger partial charge is 0.374 e. The number of nitrogens with zero attached hydrogens (tertiary/aromatic N) is 1. The Balaban J connectivity index is 2.18. The Hall–Kier alpha value is -0.900. The van der Waals surface area contributed by atoms with Gasteiger partial charge in [0.1, 0.15) is 0 Å². The summed E-state index contributed by atoms with van der Waals surface area (Å²) in [6.07, 6.45) is 0.232. The van der Waals surface area contributed by atoms with E-state index in [0.717, 1.165) is 19.7 Å². The summed E-state index contributed by atoms with van der Waals surface area (Å²) in [5.41, 5.74) is 4.01. The van der Waals surface area contributed by atoms with Crippen LogP contribution in [0.2, 0.25) is 0 Å². The maximum absolute atomic E-state index is 5.92. The van der Waals surface area contributed by atoms with Gasteiger partial charge in [-0.2, -0.15) is 0 Å². The molecule has 1 N–H and O–H groups in total. The molecule has 0 saturated carbocycles. The summed E-state index contributed by atoms with van der Waals surface area (Å²) >= 11 is 0. The van der Waals surface area contributed by atoms with Crippen LogP contribution in [0.3, 0.4) is 0 Å². The molecule has 3 heteroatoms. The van der Waals surface area contributed by atoms with Crippen molar-refractivity contribution in [3.63, 3.8) is 0 Å². The van der Waals surface area contributed by atoms with Crippen LogP contribution < -0.4 is 5.32 Å². The summed E-state index contributed by atoms with van der Waals surface area (Å²) in [4.78, 5) is 2.33. The number of nitrogens with one attached hydrogen (secondary N) is 1. The molecular weight excluding hydrogens is 224 g/mol. The van der Waals surface area contributed by atoms with Gasteiger partial charge in [-0.05, 0) is 44.6 Å². The zero-order valence-corrected chi connectivity index (χ0v) is 11.9. The molecule has 0 radical (unpaired) electrons. The summed E-state index contributed by atoms with van der Waals surface area (Å²) in [6.45, 7) is 7.15. The first kappa shape index (κ1) is 13.5. The van der Waals surface area contributed by atoms with Crippen molar-refractivity contribution < 1.29 is 4.74 Å². The third-order valence-electron chi connectivity index (χ3n) is 3.87. The molecule has 3 nitrogen and oxygen atoms in total. The minimum Gasteiger partial charge on any atom is -0.374 e. The van der Waals surface area contributed by atoms with Gasteiger partial charge < -0.3 is 15.0 Å². The first-order chi connectivity index (χ1) is 8.61. The van der Waals surface area contributed by atoms with Crippen molar-refractivity contribution in [1.29, 1.82) is 0 Å². The highest BCUT2D eigenvalue weighted by atomic mass is 16.5. The molecule has 2 atom stereocenters. The van der Waals surface area contributed by atoms with Crippen LogP contribution in [-0.4, -0.2) is 44.8 Å². The van der Waals surface area contributed by atoms with Gasteiger partial charge in [0.15, 0.2) is 0 Å². The SMILES string of the molecule is CNC(c1ccc(C)c(C)c1)C1CN(C)CCO1. The van der Waals surface area contributed by atoms with Crippen LogP contribution in [0.1, 0.15) is 22.7 Å². The van der Waals surface area contributed by atoms with E-state index in [-0.39, 0.29) is 12.1 Å². The Labute approximate surface area is 110 Å². The number of morpholine rings is 1. The van der Waals surface area contributed by atoms with Gasteiger partial charge in [0, 0.05) is 13.1 Å². The lowest BCUT2D eigenvalue weighted by Crippen LogP contribution is -2.46. The molecule has 1 fully saturated rings. The maximum atomic E-state index is 5.92. The van der Waals surface area contributed by atoms with Gasteiger partial charge in [0.25, 0.3) is 0 Å². The Morgan fingerprint density at radius 3 is 2.72 bits per heavy atom. The number of benzene rings is 1. The van der Waals surface area contributed by atoms with Crippen molar-refractivity contribution in [2.45, 2.75) is 26.0 Å². The number of likely N-dealkylation sites (N-methyl/N-ethyl adjacent to an activating group) is 2. The van der Waals surface area contributed by atoms with E-state index in [1.54, 1.807) is 0 Å². The average molecular weight is 248 g/mol. The number of ether oxygens (including phenoxy) is 1. The molecule has 100 valence electrons. The topological polar surface area (TPSA) is 24.5 Å². The zero-order valence-electron chi connectivity index (χ0n) is 11.9. The molecule has 1 aromatic carbocycles. The first-order valence-corrected chi connectivity index (χ1v) is 6.66. The number of aryl methyl sites for hydroxylation is 2. The van der Waals surface area contributed by atoms with Crippen LogP contribution in [0.5, 0.6) is 0 Å². The minimum atomic E-state index is 0.232.